The van der Waals surface area contributed by atoms with Crippen molar-refractivity contribution < 1.29 is 8.42 Å². The van der Waals surface area contributed by atoms with Crippen molar-refractivity contribution in [3.05, 3.63) is 12.4 Å². The number of rotatable bonds is 7. The molecule has 18 heavy (non-hydrogen) atoms. The maximum absolute atomic E-state index is 12.0. The zero-order valence-corrected chi connectivity index (χ0v) is 11.6. The number of hydrogen-bond donors (Lipinski definition) is 2. The fourth-order valence-corrected chi connectivity index (χ4v) is 2.73. The van der Waals surface area contributed by atoms with Gasteiger partial charge in [0.25, 0.3) is 0 Å². The Kier molecular flexibility index (Phi) is 3.74. The fraction of sp³-hybridized carbons (Fsp3) is 0.727. The Morgan fingerprint density at radius 1 is 1.50 bits per heavy atom. The molecular weight excluding hydrogens is 252 g/mol. The summed E-state index contributed by atoms with van der Waals surface area (Å²) in [6.07, 6.45) is 5.15. The molecule has 0 atom stereocenters. The summed E-state index contributed by atoms with van der Waals surface area (Å²) < 4.78 is 28.3. The zero-order valence-electron chi connectivity index (χ0n) is 10.8. The highest BCUT2D eigenvalue weighted by atomic mass is 32.2. The van der Waals surface area contributed by atoms with Crippen LogP contribution >= 0.6 is 0 Å². The van der Waals surface area contributed by atoms with Crippen LogP contribution in [0.15, 0.2) is 17.3 Å². The number of nitrogens with one attached hydrogen (secondary N) is 2. The van der Waals surface area contributed by atoms with Crippen LogP contribution in [0.5, 0.6) is 0 Å². The highest BCUT2D eigenvalue weighted by Gasteiger charge is 2.38. The van der Waals surface area contributed by atoms with E-state index in [-0.39, 0.29) is 10.3 Å². The molecule has 2 rings (SSSR count). The van der Waals surface area contributed by atoms with E-state index < -0.39 is 10.0 Å². The van der Waals surface area contributed by atoms with Gasteiger partial charge in [0.15, 0.2) is 0 Å². The topological polar surface area (TPSA) is 76.0 Å². The molecule has 0 radical (unpaired) electrons. The van der Waals surface area contributed by atoms with Crippen molar-refractivity contribution in [1.29, 1.82) is 0 Å². The summed E-state index contributed by atoms with van der Waals surface area (Å²) in [7, 11) is -1.57. The molecule has 0 spiro atoms. The monoisotopic (exact) mass is 272 g/mol. The molecule has 0 saturated heterocycles. The summed E-state index contributed by atoms with van der Waals surface area (Å²) in [4.78, 5) is 0.239. The summed E-state index contributed by atoms with van der Waals surface area (Å²) in [5.74, 6) is 0. The summed E-state index contributed by atoms with van der Waals surface area (Å²) >= 11 is 0. The highest BCUT2D eigenvalue weighted by molar-refractivity contribution is 7.89. The first kappa shape index (κ1) is 13.5. The van der Waals surface area contributed by atoms with Crippen LogP contribution in [-0.4, -0.2) is 38.3 Å². The minimum atomic E-state index is -3.41. The molecule has 1 fully saturated rings. The Balaban J connectivity index is 1.97. The van der Waals surface area contributed by atoms with Crippen molar-refractivity contribution in [2.75, 3.05) is 20.1 Å². The highest BCUT2D eigenvalue weighted by Crippen LogP contribution is 2.44. The molecule has 1 aromatic rings. The van der Waals surface area contributed by atoms with E-state index in [1.165, 1.54) is 6.20 Å². The van der Waals surface area contributed by atoms with Gasteiger partial charge in [0.1, 0.15) is 4.90 Å². The molecule has 1 saturated carbocycles. The second kappa shape index (κ2) is 4.99. The average Bonchev–Trinajstić information content (AvgIpc) is 2.89. The zero-order chi connectivity index (χ0) is 13.2. The number of aromatic nitrogens is 2. The molecule has 102 valence electrons. The third-order valence-electron chi connectivity index (χ3n) is 3.30. The van der Waals surface area contributed by atoms with Crippen LogP contribution in [0.3, 0.4) is 0 Å². The second-order valence-electron chi connectivity index (χ2n) is 5.18. The van der Waals surface area contributed by atoms with Gasteiger partial charge in [0.05, 0.1) is 12.7 Å². The molecule has 1 aromatic heterocycles. The second-order valence-corrected chi connectivity index (χ2v) is 6.94. The predicted molar refractivity (Wildman–Crippen MR) is 68.7 cm³/mol. The summed E-state index contributed by atoms with van der Waals surface area (Å²) in [5.41, 5.74) is 0.162. The standard InChI is InChI=1S/C11H20N4O2S/c1-11(3-4-11)9-14-18(16,17)10-7-13-15(8-10)6-5-12-2/h7-8,12,14H,3-6,9H2,1-2H3. The lowest BCUT2D eigenvalue weighted by Gasteiger charge is -2.09. The molecule has 1 aliphatic rings. The Bertz CT molecular complexity index is 505. The quantitative estimate of drug-likeness (QED) is 0.742. The van der Waals surface area contributed by atoms with Gasteiger partial charge in [0.2, 0.25) is 10.0 Å². The van der Waals surface area contributed by atoms with Gasteiger partial charge >= 0.3 is 0 Å². The van der Waals surface area contributed by atoms with Crippen molar-refractivity contribution in [3.63, 3.8) is 0 Å². The third kappa shape index (κ3) is 3.30. The molecule has 2 N–H and O–H groups in total. The van der Waals surface area contributed by atoms with Crippen LogP contribution in [0.2, 0.25) is 0 Å². The van der Waals surface area contributed by atoms with Crippen LogP contribution in [-0.2, 0) is 16.6 Å². The molecule has 6 nitrogen and oxygen atoms in total. The lowest BCUT2D eigenvalue weighted by molar-refractivity contribution is 0.530. The van der Waals surface area contributed by atoms with Gasteiger partial charge < -0.3 is 5.32 Å². The number of likely N-dealkylation sites (N-methyl/N-ethyl adjacent to an activating group) is 1. The van der Waals surface area contributed by atoms with Gasteiger partial charge in [-0.2, -0.15) is 5.10 Å². The van der Waals surface area contributed by atoms with Crippen LogP contribution in [0, 0.1) is 5.41 Å². The van der Waals surface area contributed by atoms with E-state index in [2.05, 4.69) is 22.1 Å². The van der Waals surface area contributed by atoms with Crippen LogP contribution in [0.25, 0.3) is 0 Å². The van der Waals surface area contributed by atoms with Crippen LogP contribution in [0.1, 0.15) is 19.8 Å². The lowest BCUT2D eigenvalue weighted by Crippen LogP contribution is -2.28. The van der Waals surface area contributed by atoms with E-state index >= 15 is 0 Å². The average molecular weight is 272 g/mol. The molecular formula is C11H20N4O2S. The Morgan fingerprint density at radius 2 is 2.22 bits per heavy atom. The largest absolute Gasteiger partial charge is 0.318 e. The maximum atomic E-state index is 12.0. The van der Waals surface area contributed by atoms with Crippen molar-refractivity contribution in [2.24, 2.45) is 5.41 Å². The number of hydrogen-bond acceptors (Lipinski definition) is 4. The molecule has 0 unspecified atom stereocenters. The number of sulfonamides is 1. The smallest absolute Gasteiger partial charge is 0.243 e. The predicted octanol–water partition coefficient (Wildman–Crippen LogP) is 0.181. The Morgan fingerprint density at radius 3 is 2.83 bits per heavy atom. The third-order valence-corrected chi connectivity index (χ3v) is 4.66. The van der Waals surface area contributed by atoms with E-state index in [1.54, 1.807) is 10.9 Å². The van der Waals surface area contributed by atoms with Crippen molar-refractivity contribution >= 4 is 10.0 Å². The fourth-order valence-electron chi connectivity index (χ4n) is 1.57. The van der Waals surface area contributed by atoms with Gasteiger partial charge in [0, 0.05) is 19.3 Å². The first-order valence-electron chi connectivity index (χ1n) is 6.12. The Labute approximate surface area is 108 Å². The van der Waals surface area contributed by atoms with E-state index in [1.807, 2.05) is 7.05 Å². The number of nitrogens with zero attached hydrogens (tertiary/aromatic N) is 2. The molecule has 0 bridgehead atoms. The minimum Gasteiger partial charge on any atom is -0.318 e. The molecule has 0 amide bonds. The molecule has 1 heterocycles. The van der Waals surface area contributed by atoms with Gasteiger partial charge in [-0.25, -0.2) is 13.1 Å². The van der Waals surface area contributed by atoms with E-state index in [0.29, 0.717) is 13.1 Å². The summed E-state index contributed by atoms with van der Waals surface area (Å²) in [5, 5.41) is 7.03. The van der Waals surface area contributed by atoms with Gasteiger partial charge in [-0.05, 0) is 25.3 Å². The van der Waals surface area contributed by atoms with Gasteiger partial charge in [-0.15, -0.1) is 0 Å². The molecule has 0 aliphatic heterocycles. The normalized spacial score (nSPS) is 17.9. The first-order valence-corrected chi connectivity index (χ1v) is 7.60. The lowest BCUT2D eigenvalue weighted by atomic mass is 10.2. The van der Waals surface area contributed by atoms with E-state index in [9.17, 15) is 8.42 Å². The molecule has 7 heteroatoms. The summed E-state index contributed by atoms with van der Waals surface area (Å²) in [6, 6.07) is 0. The molecule has 1 aliphatic carbocycles. The summed E-state index contributed by atoms with van der Waals surface area (Å²) in [6.45, 7) is 4.01. The first-order chi connectivity index (χ1) is 8.45. The van der Waals surface area contributed by atoms with E-state index in [4.69, 9.17) is 0 Å². The van der Waals surface area contributed by atoms with Gasteiger partial charge in [-0.3, -0.25) is 4.68 Å². The van der Waals surface area contributed by atoms with Crippen LogP contribution in [0.4, 0.5) is 0 Å². The minimum absolute atomic E-state index is 0.162. The van der Waals surface area contributed by atoms with Crippen molar-refractivity contribution in [3.8, 4) is 0 Å². The van der Waals surface area contributed by atoms with E-state index in [0.717, 1.165) is 19.4 Å². The van der Waals surface area contributed by atoms with Crippen molar-refractivity contribution in [2.45, 2.75) is 31.2 Å². The molecule has 0 aromatic carbocycles. The van der Waals surface area contributed by atoms with Crippen molar-refractivity contribution in [1.82, 2.24) is 19.8 Å². The van der Waals surface area contributed by atoms with Crippen LogP contribution < -0.4 is 10.0 Å². The van der Waals surface area contributed by atoms with Gasteiger partial charge in [-0.1, -0.05) is 6.92 Å². The Hall–Kier alpha value is -0.920. The SMILES string of the molecule is CNCCn1cc(S(=O)(=O)NCC2(C)CC2)cn1. The maximum Gasteiger partial charge on any atom is 0.243 e.